The molecule has 3 rings (SSSR count). The Bertz CT molecular complexity index is 719. The van der Waals surface area contributed by atoms with Gasteiger partial charge in [-0.25, -0.2) is 0 Å². The molecule has 2 aromatic carbocycles. The van der Waals surface area contributed by atoms with Crippen molar-refractivity contribution >= 4 is 21.8 Å². The van der Waals surface area contributed by atoms with Crippen LogP contribution in [0.15, 0.2) is 46.9 Å². The molecule has 1 aliphatic heterocycles. The van der Waals surface area contributed by atoms with E-state index in [0.717, 1.165) is 0 Å². The summed E-state index contributed by atoms with van der Waals surface area (Å²) in [7, 11) is 0. The first-order valence-corrected chi connectivity index (χ1v) is 8.05. The van der Waals surface area contributed by atoms with Crippen LogP contribution in [0.4, 0.5) is 0 Å². The van der Waals surface area contributed by atoms with Crippen LogP contribution in [-0.2, 0) is 0 Å². The molecule has 1 amide bonds. The first kappa shape index (κ1) is 15.8. The van der Waals surface area contributed by atoms with Crippen molar-refractivity contribution in [2.45, 2.75) is 6.10 Å². The number of ether oxygens (including phenoxy) is 2. The van der Waals surface area contributed by atoms with E-state index >= 15 is 0 Å². The van der Waals surface area contributed by atoms with E-state index in [9.17, 15) is 9.90 Å². The minimum absolute atomic E-state index is 0.111. The lowest BCUT2D eigenvalue weighted by atomic mass is 10.1. The molecule has 0 radical (unpaired) electrons. The number of hydrogen-bond acceptors (Lipinski definition) is 4. The lowest BCUT2D eigenvalue weighted by molar-refractivity contribution is 0.0915. The number of rotatable bonds is 4. The highest BCUT2D eigenvalue weighted by Crippen LogP contribution is 2.32. The van der Waals surface area contributed by atoms with Crippen LogP contribution in [0.2, 0.25) is 0 Å². The molecule has 0 saturated heterocycles. The van der Waals surface area contributed by atoms with Crippen LogP contribution in [-0.4, -0.2) is 30.8 Å². The summed E-state index contributed by atoms with van der Waals surface area (Å²) in [6, 6.07) is 12.4. The van der Waals surface area contributed by atoms with Crippen LogP contribution in [0.25, 0.3) is 0 Å². The Labute approximate surface area is 142 Å². The van der Waals surface area contributed by atoms with Crippen LogP contribution in [0.1, 0.15) is 22.0 Å². The van der Waals surface area contributed by atoms with E-state index in [4.69, 9.17) is 9.47 Å². The minimum atomic E-state index is -0.822. The van der Waals surface area contributed by atoms with Gasteiger partial charge in [-0.1, -0.05) is 18.2 Å². The third kappa shape index (κ3) is 3.65. The van der Waals surface area contributed by atoms with Crippen molar-refractivity contribution in [1.29, 1.82) is 0 Å². The average Bonchev–Trinajstić information content (AvgIpc) is 2.59. The van der Waals surface area contributed by atoms with Gasteiger partial charge >= 0.3 is 0 Å². The standard InChI is InChI=1S/C17H16BrNO4/c18-13-4-2-1-3-12(13)17(21)19-10-14(20)11-5-6-15-16(9-11)23-8-7-22-15/h1-6,9,14,20H,7-8,10H2,(H,19,21). The second kappa shape index (κ2) is 7.02. The van der Waals surface area contributed by atoms with Gasteiger partial charge in [0.05, 0.1) is 11.7 Å². The Balaban J connectivity index is 1.64. The van der Waals surface area contributed by atoms with Crippen molar-refractivity contribution < 1.29 is 19.4 Å². The molecule has 1 aliphatic rings. The lowest BCUT2D eigenvalue weighted by Crippen LogP contribution is -2.28. The van der Waals surface area contributed by atoms with Gasteiger partial charge in [-0.05, 0) is 45.8 Å². The van der Waals surface area contributed by atoms with Gasteiger partial charge in [0, 0.05) is 11.0 Å². The van der Waals surface area contributed by atoms with Gasteiger partial charge in [0.25, 0.3) is 5.91 Å². The van der Waals surface area contributed by atoms with E-state index < -0.39 is 6.10 Å². The molecule has 5 nitrogen and oxygen atoms in total. The summed E-state index contributed by atoms with van der Waals surface area (Å²) < 4.78 is 11.7. The number of halogens is 1. The quantitative estimate of drug-likeness (QED) is 0.859. The summed E-state index contributed by atoms with van der Waals surface area (Å²) in [5.74, 6) is 1.04. The summed E-state index contributed by atoms with van der Waals surface area (Å²) in [6.45, 7) is 1.13. The molecule has 6 heteroatoms. The van der Waals surface area contributed by atoms with Crippen molar-refractivity contribution in [2.24, 2.45) is 0 Å². The number of aliphatic hydroxyl groups excluding tert-OH is 1. The first-order valence-electron chi connectivity index (χ1n) is 7.25. The van der Waals surface area contributed by atoms with Gasteiger partial charge in [-0.15, -0.1) is 0 Å². The second-order valence-corrected chi connectivity index (χ2v) is 5.96. The van der Waals surface area contributed by atoms with E-state index in [1.165, 1.54) is 0 Å². The minimum Gasteiger partial charge on any atom is -0.486 e. The van der Waals surface area contributed by atoms with E-state index in [1.54, 1.807) is 36.4 Å². The number of carbonyl (C=O) groups is 1. The van der Waals surface area contributed by atoms with Crippen molar-refractivity contribution in [3.05, 3.63) is 58.1 Å². The Hall–Kier alpha value is -2.05. The number of aliphatic hydroxyl groups is 1. The Morgan fingerprint density at radius 2 is 1.91 bits per heavy atom. The van der Waals surface area contributed by atoms with Crippen molar-refractivity contribution in [3.8, 4) is 11.5 Å². The molecule has 1 atom stereocenters. The lowest BCUT2D eigenvalue weighted by Gasteiger charge is -2.20. The molecule has 0 saturated carbocycles. The van der Waals surface area contributed by atoms with Gasteiger partial charge in [-0.3, -0.25) is 4.79 Å². The SMILES string of the molecule is O=C(NCC(O)c1ccc2c(c1)OCCO2)c1ccccc1Br. The first-order chi connectivity index (χ1) is 11.1. The van der Waals surface area contributed by atoms with E-state index in [-0.39, 0.29) is 12.5 Å². The Morgan fingerprint density at radius 3 is 2.70 bits per heavy atom. The monoisotopic (exact) mass is 377 g/mol. The molecule has 2 N–H and O–H groups in total. The Morgan fingerprint density at radius 1 is 1.17 bits per heavy atom. The number of benzene rings is 2. The van der Waals surface area contributed by atoms with E-state index in [2.05, 4.69) is 21.2 Å². The molecule has 0 fully saturated rings. The summed E-state index contributed by atoms with van der Waals surface area (Å²) in [6.07, 6.45) is -0.822. The molecule has 0 aromatic heterocycles. The maximum Gasteiger partial charge on any atom is 0.252 e. The van der Waals surface area contributed by atoms with Crippen LogP contribution in [0.5, 0.6) is 11.5 Å². The number of fused-ring (bicyclic) bond motifs is 1. The van der Waals surface area contributed by atoms with Gasteiger partial charge in [-0.2, -0.15) is 0 Å². The van der Waals surface area contributed by atoms with E-state index in [0.29, 0.717) is 40.3 Å². The largest absolute Gasteiger partial charge is 0.486 e. The maximum absolute atomic E-state index is 12.1. The predicted octanol–water partition coefficient (Wildman–Crippen LogP) is 2.68. The van der Waals surface area contributed by atoms with Gasteiger partial charge in [0.1, 0.15) is 13.2 Å². The molecular formula is C17H16BrNO4. The highest BCUT2D eigenvalue weighted by atomic mass is 79.9. The molecular weight excluding hydrogens is 362 g/mol. The van der Waals surface area contributed by atoms with Crippen molar-refractivity contribution in [2.75, 3.05) is 19.8 Å². The van der Waals surface area contributed by atoms with E-state index in [1.807, 2.05) is 6.07 Å². The van der Waals surface area contributed by atoms with Gasteiger partial charge < -0.3 is 19.9 Å². The molecule has 2 aromatic rings. The van der Waals surface area contributed by atoms with Crippen LogP contribution in [0, 0.1) is 0 Å². The number of amides is 1. The highest BCUT2D eigenvalue weighted by Gasteiger charge is 2.17. The molecule has 1 heterocycles. The molecule has 0 bridgehead atoms. The summed E-state index contributed by atoms with van der Waals surface area (Å²) in [5, 5.41) is 13.0. The summed E-state index contributed by atoms with van der Waals surface area (Å²) in [5.41, 5.74) is 1.20. The van der Waals surface area contributed by atoms with Crippen LogP contribution < -0.4 is 14.8 Å². The fraction of sp³-hybridized carbons (Fsp3) is 0.235. The Kier molecular flexibility index (Phi) is 4.83. The predicted molar refractivity (Wildman–Crippen MR) is 88.9 cm³/mol. The summed E-state index contributed by atoms with van der Waals surface area (Å²) in [4.78, 5) is 12.1. The zero-order chi connectivity index (χ0) is 16.2. The third-order valence-corrected chi connectivity index (χ3v) is 4.22. The van der Waals surface area contributed by atoms with Crippen molar-refractivity contribution in [1.82, 2.24) is 5.32 Å². The number of carbonyl (C=O) groups excluding carboxylic acids is 1. The zero-order valence-electron chi connectivity index (χ0n) is 12.3. The van der Waals surface area contributed by atoms with Crippen molar-refractivity contribution in [3.63, 3.8) is 0 Å². The highest BCUT2D eigenvalue weighted by molar-refractivity contribution is 9.10. The number of nitrogens with one attached hydrogen (secondary N) is 1. The topological polar surface area (TPSA) is 67.8 Å². The average molecular weight is 378 g/mol. The molecule has 120 valence electrons. The number of hydrogen-bond donors (Lipinski definition) is 2. The molecule has 0 aliphatic carbocycles. The maximum atomic E-state index is 12.1. The van der Waals surface area contributed by atoms with Gasteiger partial charge in [0.15, 0.2) is 11.5 Å². The van der Waals surface area contributed by atoms with Gasteiger partial charge in [0.2, 0.25) is 0 Å². The van der Waals surface area contributed by atoms with Crippen LogP contribution in [0.3, 0.4) is 0 Å². The fourth-order valence-corrected chi connectivity index (χ4v) is 2.78. The molecule has 0 spiro atoms. The molecule has 23 heavy (non-hydrogen) atoms. The zero-order valence-corrected chi connectivity index (χ0v) is 13.9. The third-order valence-electron chi connectivity index (χ3n) is 3.53. The van der Waals surface area contributed by atoms with Crippen LogP contribution >= 0.6 is 15.9 Å². The molecule has 1 unspecified atom stereocenters. The smallest absolute Gasteiger partial charge is 0.252 e. The normalized spacial score (nSPS) is 14.2. The summed E-state index contributed by atoms with van der Waals surface area (Å²) >= 11 is 3.34. The second-order valence-electron chi connectivity index (χ2n) is 5.11. The fourth-order valence-electron chi connectivity index (χ4n) is 2.32.